The minimum Gasteiger partial charge on any atom is -0.484 e. The fraction of sp³-hybridized carbons (Fsp3) is 0.188. The van der Waals surface area contributed by atoms with Crippen LogP contribution in [0.25, 0.3) is 0 Å². The minimum absolute atomic E-state index is 0.182. The second-order valence-electron chi connectivity index (χ2n) is 5.09. The number of sulfone groups is 1. The normalized spacial score (nSPS) is 11.1. The van der Waals surface area contributed by atoms with E-state index in [-0.39, 0.29) is 24.0 Å². The van der Waals surface area contributed by atoms with Gasteiger partial charge < -0.3 is 10.1 Å². The third kappa shape index (κ3) is 5.70. The lowest BCUT2D eigenvalue weighted by atomic mass is 10.2. The average Bonchev–Trinajstić information content (AvgIpc) is 2.49. The lowest BCUT2D eigenvalue weighted by Gasteiger charge is -2.08. The molecule has 0 spiro atoms. The highest BCUT2D eigenvalue weighted by Gasteiger charge is 2.07. The van der Waals surface area contributed by atoms with Gasteiger partial charge in [-0.3, -0.25) is 4.79 Å². The van der Waals surface area contributed by atoms with Gasteiger partial charge in [-0.15, -0.1) is 0 Å². The first-order chi connectivity index (χ1) is 11.2. The zero-order valence-corrected chi connectivity index (χ0v) is 15.1. The number of ether oxygens (including phenoxy) is 1. The molecule has 1 N–H and O–H groups in total. The first-order valence-corrected chi connectivity index (χ1v) is 9.53. The summed E-state index contributed by atoms with van der Waals surface area (Å²) in [5.41, 5.74) is 0.779. The highest BCUT2D eigenvalue weighted by molar-refractivity contribution is 7.90. The molecule has 0 heterocycles. The van der Waals surface area contributed by atoms with Crippen molar-refractivity contribution < 1.29 is 17.9 Å². The lowest BCUT2D eigenvalue weighted by molar-refractivity contribution is -0.123. The number of hydrogen-bond donors (Lipinski definition) is 1. The summed E-state index contributed by atoms with van der Waals surface area (Å²) in [6.07, 6.45) is 1.14. The monoisotopic (exact) mass is 387 g/mol. The van der Waals surface area contributed by atoms with Gasteiger partial charge in [0, 0.05) is 22.8 Å². The fourth-order valence-electron chi connectivity index (χ4n) is 1.87. The van der Waals surface area contributed by atoms with Gasteiger partial charge in [0.1, 0.15) is 5.75 Å². The van der Waals surface area contributed by atoms with E-state index in [9.17, 15) is 13.2 Å². The van der Waals surface area contributed by atoms with Crippen molar-refractivity contribution in [3.63, 3.8) is 0 Å². The Kier molecular flexibility index (Phi) is 6.10. The van der Waals surface area contributed by atoms with Gasteiger partial charge in [-0.25, -0.2) is 8.42 Å². The van der Waals surface area contributed by atoms with Crippen molar-refractivity contribution in [3.8, 4) is 5.75 Å². The predicted octanol–water partition coefficient (Wildman–Crippen LogP) is 3.09. The van der Waals surface area contributed by atoms with Gasteiger partial charge in [0.05, 0.1) is 4.90 Å². The van der Waals surface area contributed by atoms with E-state index in [1.807, 2.05) is 0 Å². The van der Waals surface area contributed by atoms with E-state index in [1.165, 1.54) is 12.1 Å². The second-order valence-corrected chi connectivity index (χ2v) is 7.98. The zero-order valence-electron chi connectivity index (χ0n) is 12.8. The van der Waals surface area contributed by atoms with Crippen LogP contribution in [0.2, 0.25) is 10.0 Å². The number of hydrogen-bond acceptors (Lipinski definition) is 4. The van der Waals surface area contributed by atoms with Crippen molar-refractivity contribution in [1.82, 2.24) is 5.32 Å². The predicted molar refractivity (Wildman–Crippen MR) is 93.4 cm³/mol. The molecule has 0 radical (unpaired) electrons. The molecule has 2 aromatic carbocycles. The Morgan fingerprint density at radius 3 is 2.21 bits per heavy atom. The highest BCUT2D eigenvalue weighted by Crippen LogP contribution is 2.24. The Hall–Kier alpha value is -1.76. The Bertz CT molecular complexity index is 815. The van der Waals surface area contributed by atoms with E-state index in [1.54, 1.807) is 30.3 Å². The average molecular weight is 388 g/mol. The van der Waals surface area contributed by atoms with Crippen LogP contribution in [-0.4, -0.2) is 27.2 Å². The van der Waals surface area contributed by atoms with Gasteiger partial charge in [0.15, 0.2) is 16.4 Å². The summed E-state index contributed by atoms with van der Waals surface area (Å²) < 4.78 is 28.1. The molecule has 2 aromatic rings. The molecule has 0 aliphatic heterocycles. The summed E-state index contributed by atoms with van der Waals surface area (Å²) in [7, 11) is -3.23. The van der Waals surface area contributed by atoms with E-state index in [0.29, 0.717) is 15.8 Å². The van der Waals surface area contributed by atoms with Crippen LogP contribution in [0.1, 0.15) is 5.56 Å². The van der Waals surface area contributed by atoms with Gasteiger partial charge >= 0.3 is 0 Å². The number of nitrogens with one attached hydrogen (secondary N) is 1. The van der Waals surface area contributed by atoms with Crippen LogP contribution in [0, 0.1) is 0 Å². The Balaban J connectivity index is 1.85. The summed E-state index contributed by atoms with van der Waals surface area (Å²) in [5.74, 6) is 0.0819. The van der Waals surface area contributed by atoms with E-state index >= 15 is 0 Å². The molecular formula is C16H15Cl2NO4S. The van der Waals surface area contributed by atoms with Crippen molar-refractivity contribution in [1.29, 1.82) is 0 Å². The van der Waals surface area contributed by atoms with Gasteiger partial charge in [-0.2, -0.15) is 0 Å². The molecule has 0 saturated heterocycles. The van der Waals surface area contributed by atoms with Crippen molar-refractivity contribution in [2.75, 3.05) is 12.9 Å². The maximum atomic E-state index is 11.8. The lowest BCUT2D eigenvalue weighted by Crippen LogP contribution is -2.28. The third-order valence-corrected chi connectivity index (χ3v) is 4.61. The molecule has 128 valence electrons. The molecule has 0 unspecified atom stereocenters. The van der Waals surface area contributed by atoms with Crippen molar-refractivity contribution >= 4 is 38.9 Å². The zero-order chi connectivity index (χ0) is 17.7. The number of carbonyl (C=O) groups is 1. The first-order valence-electron chi connectivity index (χ1n) is 6.88. The molecule has 2 rings (SSSR count). The molecule has 0 aliphatic rings. The van der Waals surface area contributed by atoms with Crippen LogP contribution in [0.3, 0.4) is 0 Å². The van der Waals surface area contributed by atoms with E-state index in [4.69, 9.17) is 27.9 Å². The summed E-state index contributed by atoms with van der Waals surface area (Å²) in [4.78, 5) is 12.0. The molecular weight excluding hydrogens is 373 g/mol. The van der Waals surface area contributed by atoms with E-state index < -0.39 is 9.84 Å². The highest BCUT2D eigenvalue weighted by atomic mass is 35.5. The number of carbonyl (C=O) groups excluding carboxylic acids is 1. The van der Waals surface area contributed by atoms with Gasteiger partial charge in [-0.1, -0.05) is 35.3 Å². The van der Waals surface area contributed by atoms with Gasteiger partial charge in [-0.05, 0) is 35.9 Å². The van der Waals surface area contributed by atoms with Crippen LogP contribution in [0.5, 0.6) is 5.75 Å². The summed E-state index contributed by atoms with van der Waals surface area (Å²) in [6, 6.07) is 11.0. The molecule has 0 fully saturated rings. The SMILES string of the molecule is CS(=O)(=O)c1ccc(CNC(=O)COc2cc(Cl)cc(Cl)c2)cc1. The van der Waals surface area contributed by atoms with Gasteiger partial charge in [0.2, 0.25) is 0 Å². The van der Waals surface area contributed by atoms with E-state index in [2.05, 4.69) is 5.32 Å². The molecule has 1 amide bonds. The molecule has 0 atom stereocenters. The first kappa shape index (κ1) is 18.6. The molecule has 0 saturated carbocycles. The Morgan fingerprint density at radius 1 is 1.08 bits per heavy atom. The van der Waals surface area contributed by atoms with Crippen molar-refractivity contribution in [3.05, 3.63) is 58.1 Å². The summed E-state index contributed by atoms with van der Waals surface area (Å²) >= 11 is 11.7. The molecule has 0 aromatic heterocycles. The van der Waals surface area contributed by atoms with Crippen LogP contribution < -0.4 is 10.1 Å². The van der Waals surface area contributed by atoms with E-state index in [0.717, 1.165) is 11.8 Å². The van der Waals surface area contributed by atoms with Gasteiger partial charge in [0.25, 0.3) is 5.91 Å². The van der Waals surface area contributed by atoms with Crippen LogP contribution in [0.15, 0.2) is 47.4 Å². The fourth-order valence-corrected chi connectivity index (χ4v) is 3.00. The topological polar surface area (TPSA) is 72.5 Å². The number of benzene rings is 2. The van der Waals surface area contributed by atoms with Crippen LogP contribution in [0.4, 0.5) is 0 Å². The molecule has 24 heavy (non-hydrogen) atoms. The smallest absolute Gasteiger partial charge is 0.258 e. The van der Waals surface area contributed by atoms with Crippen molar-refractivity contribution in [2.24, 2.45) is 0 Å². The van der Waals surface area contributed by atoms with Crippen molar-refractivity contribution in [2.45, 2.75) is 11.4 Å². The Labute approximate surface area is 150 Å². The number of amides is 1. The largest absolute Gasteiger partial charge is 0.484 e. The maximum absolute atomic E-state index is 11.8. The molecule has 5 nitrogen and oxygen atoms in total. The van der Waals surface area contributed by atoms with Crippen LogP contribution >= 0.6 is 23.2 Å². The number of rotatable bonds is 6. The Morgan fingerprint density at radius 2 is 1.67 bits per heavy atom. The number of halogens is 2. The van der Waals surface area contributed by atoms with Crippen LogP contribution in [-0.2, 0) is 21.2 Å². The minimum atomic E-state index is -3.23. The molecule has 0 aliphatic carbocycles. The summed E-state index contributed by atoms with van der Waals surface area (Å²) in [5, 5.41) is 3.52. The molecule has 0 bridgehead atoms. The maximum Gasteiger partial charge on any atom is 0.258 e. The third-order valence-electron chi connectivity index (χ3n) is 3.05. The molecule has 8 heteroatoms. The standard InChI is InChI=1S/C16H15Cl2NO4S/c1-24(21,22)15-4-2-11(3-5-15)9-19-16(20)10-23-14-7-12(17)6-13(18)8-14/h2-8H,9-10H2,1H3,(H,19,20). The quantitative estimate of drug-likeness (QED) is 0.826. The second kappa shape index (κ2) is 7.88. The summed E-state index contributed by atoms with van der Waals surface area (Å²) in [6.45, 7) is 0.0840.